The summed E-state index contributed by atoms with van der Waals surface area (Å²) >= 11 is 0. The molecule has 4 heteroatoms. The molecule has 0 saturated heterocycles. The van der Waals surface area contributed by atoms with Crippen LogP contribution in [0.3, 0.4) is 0 Å². The Morgan fingerprint density at radius 2 is 2.13 bits per heavy atom. The van der Waals surface area contributed by atoms with E-state index in [2.05, 4.69) is 0 Å². The third-order valence-corrected chi connectivity index (χ3v) is 1.51. The van der Waals surface area contributed by atoms with E-state index in [1.54, 1.807) is 12.2 Å². The van der Waals surface area contributed by atoms with Crippen molar-refractivity contribution in [3.8, 4) is 0 Å². The van der Waals surface area contributed by atoms with E-state index in [9.17, 15) is 9.59 Å². The lowest BCUT2D eigenvalue weighted by Gasteiger charge is -2.06. The van der Waals surface area contributed by atoms with Crippen LogP contribution in [-0.4, -0.2) is 11.9 Å². The molecule has 1 aliphatic rings. The van der Waals surface area contributed by atoms with E-state index in [1.165, 1.54) is 0 Å². The number of esters is 1. The predicted octanol–water partition coefficient (Wildman–Crippen LogP) is 1.91. The SMILES string of the molecule is CC.NC(=O)CC(=O)OC1=CCCC=C1.[HH]. The smallest absolute Gasteiger partial charge is 0.320 e. The van der Waals surface area contributed by atoms with Crippen molar-refractivity contribution in [1.29, 1.82) is 0 Å². The number of amides is 1. The Labute approximate surface area is 91.3 Å². The lowest BCUT2D eigenvalue weighted by atomic mass is 10.2. The average molecular weight is 213 g/mol. The zero-order chi connectivity index (χ0) is 11.7. The van der Waals surface area contributed by atoms with Crippen molar-refractivity contribution >= 4 is 11.9 Å². The molecular formula is C11H19NO3. The van der Waals surface area contributed by atoms with Crippen LogP contribution in [0.4, 0.5) is 0 Å². The first-order valence-electron chi connectivity index (χ1n) is 5.04. The van der Waals surface area contributed by atoms with Crippen molar-refractivity contribution in [1.82, 2.24) is 0 Å². The first kappa shape index (κ1) is 13.4. The number of primary amides is 1. The summed E-state index contributed by atoms with van der Waals surface area (Å²) in [5.41, 5.74) is 4.82. The van der Waals surface area contributed by atoms with Crippen molar-refractivity contribution in [2.24, 2.45) is 5.73 Å². The van der Waals surface area contributed by atoms with E-state index >= 15 is 0 Å². The molecule has 0 saturated carbocycles. The molecule has 0 unspecified atom stereocenters. The summed E-state index contributed by atoms with van der Waals surface area (Å²) in [5, 5.41) is 0. The van der Waals surface area contributed by atoms with Gasteiger partial charge in [-0.2, -0.15) is 0 Å². The summed E-state index contributed by atoms with van der Waals surface area (Å²) < 4.78 is 4.84. The number of allylic oxidation sites excluding steroid dienone is 3. The van der Waals surface area contributed by atoms with Crippen molar-refractivity contribution in [3.63, 3.8) is 0 Å². The minimum absolute atomic E-state index is 0. The summed E-state index contributed by atoms with van der Waals surface area (Å²) in [7, 11) is 0. The van der Waals surface area contributed by atoms with Gasteiger partial charge in [-0.25, -0.2) is 0 Å². The zero-order valence-corrected chi connectivity index (χ0v) is 9.16. The summed E-state index contributed by atoms with van der Waals surface area (Å²) in [4.78, 5) is 21.3. The van der Waals surface area contributed by atoms with E-state index in [0.29, 0.717) is 5.76 Å². The van der Waals surface area contributed by atoms with Crippen LogP contribution in [0.2, 0.25) is 0 Å². The summed E-state index contributed by atoms with van der Waals surface area (Å²) in [6.07, 6.45) is 6.87. The fourth-order valence-corrected chi connectivity index (χ4v) is 0.975. The van der Waals surface area contributed by atoms with Gasteiger partial charge in [0, 0.05) is 1.43 Å². The van der Waals surface area contributed by atoms with Gasteiger partial charge < -0.3 is 10.5 Å². The first-order valence-corrected chi connectivity index (χ1v) is 5.04. The second-order valence-corrected chi connectivity index (χ2v) is 2.70. The number of rotatable bonds is 3. The van der Waals surface area contributed by atoms with Gasteiger partial charge in [-0.05, 0) is 25.0 Å². The standard InChI is InChI=1S/C9H11NO3.C2H6.H2/c10-8(11)6-9(12)13-7-4-2-1-3-5-7;1-2;/h2,4-5H,1,3,6H2,(H2,10,11);1-2H3;1H. The van der Waals surface area contributed by atoms with Gasteiger partial charge in [0.05, 0.1) is 0 Å². The van der Waals surface area contributed by atoms with Gasteiger partial charge in [-0.1, -0.05) is 19.9 Å². The monoisotopic (exact) mass is 213 g/mol. The van der Waals surface area contributed by atoms with E-state index in [0.717, 1.165) is 12.8 Å². The molecule has 1 rings (SSSR count). The Kier molecular flexibility index (Phi) is 6.97. The number of nitrogens with two attached hydrogens (primary N) is 1. The fraction of sp³-hybridized carbons (Fsp3) is 0.455. The molecule has 0 spiro atoms. The third kappa shape index (κ3) is 6.49. The van der Waals surface area contributed by atoms with Crippen molar-refractivity contribution in [3.05, 3.63) is 24.0 Å². The molecule has 1 amide bonds. The zero-order valence-electron chi connectivity index (χ0n) is 9.16. The van der Waals surface area contributed by atoms with E-state index in [4.69, 9.17) is 10.5 Å². The Morgan fingerprint density at radius 3 is 2.60 bits per heavy atom. The van der Waals surface area contributed by atoms with Gasteiger partial charge in [0.2, 0.25) is 5.91 Å². The van der Waals surface area contributed by atoms with Gasteiger partial charge in [-0.3, -0.25) is 9.59 Å². The Hall–Kier alpha value is -1.58. The highest BCUT2D eigenvalue weighted by Gasteiger charge is 2.09. The maximum atomic E-state index is 10.9. The quantitative estimate of drug-likeness (QED) is 0.575. The number of ether oxygens (including phenoxy) is 1. The van der Waals surface area contributed by atoms with Crippen molar-refractivity contribution in [2.45, 2.75) is 33.1 Å². The topological polar surface area (TPSA) is 69.4 Å². The van der Waals surface area contributed by atoms with Crippen LogP contribution in [-0.2, 0) is 14.3 Å². The first-order chi connectivity index (χ1) is 7.18. The molecule has 0 aromatic rings. The normalized spacial score (nSPS) is 13.3. The molecule has 0 aliphatic heterocycles. The number of carbonyl (C=O) groups excluding carboxylic acids is 2. The van der Waals surface area contributed by atoms with Gasteiger partial charge >= 0.3 is 5.97 Å². The molecule has 0 bridgehead atoms. The molecule has 0 heterocycles. The number of carbonyl (C=O) groups is 2. The molecular weight excluding hydrogens is 194 g/mol. The molecule has 0 atom stereocenters. The van der Waals surface area contributed by atoms with Crippen molar-refractivity contribution < 1.29 is 15.8 Å². The largest absolute Gasteiger partial charge is 0.427 e. The van der Waals surface area contributed by atoms with Crippen LogP contribution in [0.5, 0.6) is 0 Å². The average Bonchev–Trinajstić information content (AvgIpc) is 2.21. The maximum Gasteiger partial charge on any atom is 0.320 e. The second-order valence-electron chi connectivity index (χ2n) is 2.70. The van der Waals surface area contributed by atoms with Crippen LogP contribution in [0.15, 0.2) is 24.0 Å². The highest BCUT2D eigenvalue weighted by molar-refractivity contribution is 5.93. The third-order valence-electron chi connectivity index (χ3n) is 1.51. The molecule has 0 aromatic carbocycles. The van der Waals surface area contributed by atoms with Crippen LogP contribution >= 0.6 is 0 Å². The molecule has 4 nitrogen and oxygen atoms in total. The molecule has 1 aliphatic carbocycles. The predicted molar refractivity (Wildman–Crippen MR) is 59.8 cm³/mol. The number of hydrogen-bond acceptors (Lipinski definition) is 3. The Bertz CT molecular complexity index is 285. The van der Waals surface area contributed by atoms with Crippen LogP contribution in [0.25, 0.3) is 0 Å². The van der Waals surface area contributed by atoms with Crippen LogP contribution < -0.4 is 5.73 Å². The molecule has 86 valence electrons. The number of hydrogen-bond donors (Lipinski definition) is 1. The Morgan fingerprint density at radius 1 is 1.47 bits per heavy atom. The highest BCUT2D eigenvalue weighted by atomic mass is 16.5. The Balaban J connectivity index is 0. The molecule has 2 N–H and O–H groups in total. The van der Waals surface area contributed by atoms with Crippen LogP contribution in [0.1, 0.15) is 34.5 Å². The lowest BCUT2D eigenvalue weighted by Crippen LogP contribution is -2.17. The van der Waals surface area contributed by atoms with Gasteiger partial charge in [-0.15, -0.1) is 0 Å². The lowest BCUT2D eigenvalue weighted by molar-refractivity contribution is -0.141. The van der Waals surface area contributed by atoms with Crippen LogP contribution in [0, 0.1) is 0 Å². The van der Waals surface area contributed by atoms with Gasteiger partial charge in [0.1, 0.15) is 12.2 Å². The molecule has 0 radical (unpaired) electrons. The minimum atomic E-state index is -0.676. The highest BCUT2D eigenvalue weighted by Crippen LogP contribution is 2.11. The summed E-state index contributed by atoms with van der Waals surface area (Å²) in [6, 6.07) is 0. The summed E-state index contributed by atoms with van der Waals surface area (Å²) in [6.45, 7) is 4.00. The second kappa shape index (κ2) is 7.79. The minimum Gasteiger partial charge on any atom is -0.427 e. The van der Waals surface area contributed by atoms with Gasteiger partial charge in [0.25, 0.3) is 0 Å². The fourth-order valence-electron chi connectivity index (χ4n) is 0.975. The summed E-state index contributed by atoms with van der Waals surface area (Å²) in [5.74, 6) is -0.784. The van der Waals surface area contributed by atoms with Gasteiger partial charge in [0.15, 0.2) is 0 Å². The van der Waals surface area contributed by atoms with Crippen molar-refractivity contribution in [2.75, 3.05) is 0 Å². The van der Waals surface area contributed by atoms with E-state index in [1.807, 2.05) is 19.9 Å². The van der Waals surface area contributed by atoms with E-state index in [-0.39, 0.29) is 7.85 Å². The molecule has 15 heavy (non-hydrogen) atoms. The maximum absolute atomic E-state index is 10.9. The molecule has 0 fully saturated rings. The molecule has 0 aromatic heterocycles. The van der Waals surface area contributed by atoms with E-state index < -0.39 is 11.9 Å².